The summed E-state index contributed by atoms with van der Waals surface area (Å²) in [6, 6.07) is 1.80. The average molecular weight is 164 g/mol. The normalized spacial score (nSPS) is 9.83. The summed E-state index contributed by atoms with van der Waals surface area (Å²) in [5.74, 6) is 0. The van der Waals surface area contributed by atoms with E-state index in [0.29, 0.717) is 5.56 Å². The molecule has 0 bridgehead atoms. The lowest BCUT2D eigenvalue weighted by atomic mass is 10.1. The summed E-state index contributed by atoms with van der Waals surface area (Å²) < 4.78 is 0. The van der Waals surface area contributed by atoms with Crippen LogP contribution in [0.4, 0.5) is 0 Å². The molecular weight excluding hydrogens is 152 g/mol. The first-order valence-electron chi connectivity index (χ1n) is 4.12. The van der Waals surface area contributed by atoms with Crippen LogP contribution < -0.4 is 0 Å². The molecule has 0 fully saturated rings. The lowest BCUT2D eigenvalue weighted by Gasteiger charge is -2.00. The second kappa shape index (κ2) is 3.95. The van der Waals surface area contributed by atoms with Gasteiger partial charge in [0.05, 0.1) is 11.4 Å². The molecule has 12 heavy (non-hydrogen) atoms. The van der Waals surface area contributed by atoms with E-state index in [9.17, 15) is 4.79 Å². The Morgan fingerprint density at radius 2 is 2.08 bits per heavy atom. The highest BCUT2D eigenvalue weighted by Crippen LogP contribution is 2.05. The van der Waals surface area contributed by atoms with E-state index < -0.39 is 0 Å². The van der Waals surface area contributed by atoms with E-state index in [1.807, 2.05) is 13.8 Å². The zero-order valence-corrected chi connectivity index (χ0v) is 7.37. The van der Waals surface area contributed by atoms with Crippen molar-refractivity contribution in [2.75, 3.05) is 0 Å². The molecule has 3 heteroatoms. The second-order valence-electron chi connectivity index (χ2n) is 2.56. The van der Waals surface area contributed by atoms with E-state index in [2.05, 4.69) is 10.2 Å². The van der Waals surface area contributed by atoms with Crippen molar-refractivity contribution >= 4 is 6.29 Å². The number of hydrogen-bond donors (Lipinski definition) is 0. The first-order chi connectivity index (χ1) is 5.81. The van der Waals surface area contributed by atoms with Crippen LogP contribution in [0, 0.1) is 0 Å². The molecule has 0 unspecified atom stereocenters. The van der Waals surface area contributed by atoms with Gasteiger partial charge in [0.1, 0.15) is 0 Å². The number of rotatable bonds is 3. The van der Waals surface area contributed by atoms with E-state index >= 15 is 0 Å². The third kappa shape index (κ3) is 1.67. The van der Waals surface area contributed by atoms with Gasteiger partial charge in [0, 0.05) is 5.56 Å². The molecule has 0 aromatic carbocycles. The molecule has 1 aromatic heterocycles. The minimum Gasteiger partial charge on any atom is -0.298 e. The van der Waals surface area contributed by atoms with Crippen LogP contribution in [-0.2, 0) is 12.8 Å². The summed E-state index contributed by atoms with van der Waals surface area (Å²) in [6.07, 6.45) is 2.41. The van der Waals surface area contributed by atoms with Crippen LogP contribution in [0.2, 0.25) is 0 Å². The Morgan fingerprint density at radius 3 is 2.58 bits per heavy atom. The predicted molar refractivity (Wildman–Crippen MR) is 46.2 cm³/mol. The van der Waals surface area contributed by atoms with Crippen molar-refractivity contribution in [1.29, 1.82) is 0 Å². The highest BCUT2D eigenvalue weighted by molar-refractivity contribution is 5.76. The minimum atomic E-state index is 0.671. The number of aldehydes is 1. The number of aromatic nitrogens is 2. The van der Waals surface area contributed by atoms with Gasteiger partial charge in [0.25, 0.3) is 0 Å². The van der Waals surface area contributed by atoms with Crippen LogP contribution in [0.3, 0.4) is 0 Å². The van der Waals surface area contributed by atoms with Crippen LogP contribution in [0.1, 0.15) is 35.6 Å². The van der Waals surface area contributed by atoms with Gasteiger partial charge < -0.3 is 0 Å². The fraction of sp³-hybridized carbons (Fsp3) is 0.444. The Bertz CT molecular complexity index is 284. The lowest BCUT2D eigenvalue weighted by molar-refractivity contribution is 0.112. The van der Waals surface area contributed by atoms with Crippen LogP contribution >= 0.6 is 0 Å². The SMILES string of the molecule is CCc1cc(C=O)c(CC)nn1. The van der Waals surface area contributed by atoms with Crippen molar-refractivity contribution in [1.82, 2.24) is 10.2 Å². The van der Waals surface area contributed by atoms with Crippen LogP contribution in [0.15, 0.2) is 6.07 Å². The Kier molecular flexibility index (Phi) is 2.91. The fourth-order valence-corrected chi connectivity index (χ4v) is 1.02. The summed E-state index contributed by atoms with van der Waals surface area (Å²) in [7, 11) is 0. The van der Waals surface area contributed by atoms with Crippen molar-refractivity contribution in [2.24, 2.45) is 0 Å². The zero-order valence-electron chi connectivity index (χ0n) is 7.37. The maximum atomic E-state index is 10.6. The molecule has 0 spiro atoms. The van der Waals surface area contributed by atoms with Crippen molar-refractivity contribution < 1.29 is 4.79 Å². The van der Waals surface area contributed by atoms with Crippen molar-refractivity contribution in [3.05, 3.63) is 23.0 Å². The summed E-state index contributed by atoms with van der Waals surface area (Å²) in [6.45, 7) is 3.95. The molecule has 0 aliphatic rings. The van der Waals surface area contributed by atoms with E-state index in [0.717, 1.165) is 30.5 Å². The smallest absolute Gasteiger partial charge is 0.152 e. The Morgan fingerprint density at radius 1 is 1.33 bits per heavy atom. The Balaban J connectivity index is 3.10. The molecule has 0 saturated heterocycles. The van der Waals surface area contributed by atoms with Gasteiger partial charge in [-0.1, -0.05) is 13.8 Å². The van der Waals surface area contributed by atoms with Gasteiger partial charge in [-0.05, 0) is 18.9 Å². The van der Waals surface area contributed by atoms with E-state index in [1.165, 1.54) is 0 Å². The molecule has 0 aliphatic heterocycles. The minimum absolute atomic E-state index is 0.671. The summed E-state index contributed by atoms with van der Waals surface area (Å²) in [4.78, 5) is 10.6. The maximum absolute atomic E-state index is 10.6. The summed E-state index contributed by atoms with van der Waals surface area (Å²) in [5.41, 5.74) is 2.32. The molecule has 0 radical (unpaired) electrons. The third-order valence-electron chi connectivity index (χ3n) is 1.78. The number of carbonyl (C=O) groups is 1. The Hall–Kier alpha value is -1.25. The van der Waals surface area contributed by atoms with Gasteiger partial charge >= 0.3 is 0 Å². The molecule has 1 aromatic rings. The second-order valence-corrected chi connectivity index (χ2v) is 2.56. The van der Waals surface area contributed by atoms with Crippen LogP contribution in [0.25, 0.3) is 0 Å². The number of carbonyl (C=O) groups excluding carboxylic acids is 1. The maximum Gasteiger partial charge on any atom is 0.152 e. The molecule has 0 saturated carbocycles. The van der Waals surface area contributed by atoms with Crippen molar-refractivity contribution in [3.63, 3.8) is 0 Å². The van der Waals surface area contributed by atoms with Crippen LogP contribution in [0.5, 0.6) is 0 Å². The molecule has 1 rings (SSSR count). The van der Waals surface area contributed by atoms with Gasteiger partial charge in [-0.2, -0.15) is 10.2 Å². The summed E-state index contributed by atoms with van der Waals surface area (Å²) >= 11 is 0. The van der Waals surface area contributed by atoms with E-state index in [1.54, 1.807) is 6.07 Å². The van der Waals surface area contributed by atoms with E-state index in [-0.39, 0.29) is 0 Å². The zero-order chi connectivity index (χ0) is 8.97. The quantitative estimate of drug-likeness (QED) is 0.634. The standard InChI is InChI=1S/C9H12N2O/c1-3-8-5-7(6-12)9(4-2)11-10-8/h5-6H,3-4H2,1-2H3. The number of aryl methyl sites for hydroxylation is 2. The highest BCUT2D eigenvalue weighted by atomic mass is 16.1. The number of hydrogen-bond acceptors (Lipinski definition) is 3. The predicted octanol–water partition coefficient (Wildman–Crippen LogP) is 1.41. The van der Waals surface area contributed by atoms with Crippen LogP contribution in [-0.4, -0.2) is 16.5 Å². The van der Waals surface area contributed by atoms with Gasteiger partial charge in [0.15, 0.2) is 6.29 Å². The molecule has 1 heterocycles. The molecule has 0 aliphatic carbocycles. The fourth-order valence-electron chi connectivity index (χ4n) is 1.02. The van der Waals surface area contributed by atoms with Crippen molar-refractivity contribution in [3.8, 4) is 0 Å². The molecule has 0 atom stereocenters. The molecular formula is C9H12N2O. The number of nitrogens with zero attached hydrogens (tertiary/aromatic N) is 2. The first kappa shape index (κ1) is 8.84. The highest BCUT2D eigenvalue weighted by Gasteiger charge is 2.02. The first-order valence-corrected chi connectivity index (χ1v) is 4.12. The van der Waals surface area contributed by atoms with Crippen molar-refractivity contribution in [2.45, 2.75) is 26.7 Å². The largest absolute Gasteiger partial charge is 0.298 e. The van der Waals surface area contributed by atoms with Gasteiger partial charge in [-0.25, -0.2) is 0 Å². The lowest BCUT2D eigenvalue weighted by Crippen LogP contribution is -2.01. The molecule has 0 amide bonds. The Labute approximate surface area is 71.8 Å². The topological polar surface area (TPSA) is 42.9 Å². The van der Waals surface area contributed by atoms with Gasteiger partial charge in [-0.3, -0.25) is 4.79 Å². The average Bonchev–Trinajstić information content (AvgIpc) is 2.16. The molecule has 0 N–H and O–H groups in total. The van der Waals surface area contributed by atoms with Gasteiger partial charge in [-0.15, -0.1) is 0 Å². The molecule has 3 nitrogen and oxygen atoms in total. The monoisotopic (exact) mass is 164 g/mol. The van der Waals surface area contributed by atoms with E-state index in [4.69, 9.17) is 0 Å². The third-order valence-corrected chi connectivity index (χ3v) is 1.78. The summed E-state index contributed by atoms with van der Waals surface area (Å²) in [5, 5.41) is 7.93. The molecule has 64 valence electrons. The van der Waals surface area contributed by atoms with Gasteiger partial charge in [0.2, 0.25) is 0 Å².